The van der Waals surface area contributed by atoms with Gasteiger partial charge >= 0.3 is 0 Å². The molecule has 0 aliphatic heterocycles. The molecular formula is C29H42O7. The normalized spacial score (nSPS) is 43.9. The third-order valence-corrected chi connectivity index (χ3v) is 10.4. The standard InChI is InChI=1S/C29H42O7/c1-25(2,35)11-10-21(32)29(7,36)23-19(30)12-17-16-9-8-15-18(13-20(31)24(34)26(15,3)4)28(16,6)22(33)14-27(17,23)5/h8,10-11,16-20,23,30-31,35-36H,9,12-14H2,1-7H3/b11-10+/t16-,17?,18+,19?,20?,23-,27-,28+,29?/m0/s1. The van der Waals surface area contributed by atoms with Crippen molar-refractivity contribution < 1.29 is 34.8 Å². The Morgan fingerprint density at radius 2 is 1.64 bits per heavy atom. The summed E-state index contributed by atoms with van der Waals surface area (Å²) in [6.07, 6.45) is 3.67. The van der Waals surface area contributed by atoms with Crippen LogP contribution in [0.3, 0.4) is 0 Å². The van der Waals surface area contributed by atoms with E-state index in [0.29, 0.717) is 12.8 Å². The van der Waals surface area contributed by atoms with Gasteiger partial charge in [-0.25, -0.2) is 0 Å². The van der Waals surface area contributed by atoms with Crippen molar-refractivity contribution in [3.8, 4) is 0 Å². The average molecular weight is 503 g/mol. The van der Waals surface area contributed by atoms with E-state index in [9.17, 15) is 34.8 Å². The highest BCUT2D eigenvalue weighted by Crippen LogP contribution is 2.68. The molecule has 3 saturated carbocycles. The van der Waals surface area contributed by atoms with E-state index in [2.05, 4.69) is 6.08 Å². The Morgan fingerprint density at radius 1 is 1.03 bits per heavy atom. The van der Waals surface area contributed by atoms with Crippen molar-refractivity contribution >= 4 is 17.3 Å². The van der Waals surface area contributed by atoms with Crippen molar-refractivity contribution in [3.63, 3.8) is 0 Å². The van der Waals surface area contributed by atoms with Gasteiger partial charge in [-0.05, 0) is 83.1 Å². The van der Waals surface area contributed by atoms with E-state index in [1.807, 2.05) is 27.7 Å². The van der Waals surface area contributed by atoms with Gasteiger partial charge in [0.1, 0.15) is 17.5 Å². The van der Waals surface area contributed by atoms with Crippen LogP contribution in [0.5, 0.6) is 0 Å². The predicted octanol–water partition coefficient (Wildman–Crippen LogP) is 2.54. The van der Waals surface area contributed by atoms with Crippen LogP contribution in [0.4, 0.5) is 0 Å². The summed E-state index contributed by atoms with van der Waals surface area (Å²) in [4.78, 5) is 39.9. The first kappa shape index (κ1) is 27.4. The van der Waals surface area contributed by atoms with Gasteiger partial charge in [0.05, 0.1) is 11.7 Å². The topological polar surface area (TPSA) is 132 Å². The van der Waals surface area contributed by atoms with Gasteiger partial charge in [0.25, 0.3) is 0 Å². The highest BCUT2D eigenvalue weighted by Gasteiger charge is 2.70. The number of fused-ring (bicyclic) bond motifs is 5. The van der Waals surface area contributed by atoms with Crippen molar-refractivity contribution in [2.45, 2.75) is 97.6 Å². The molecule has 7 heteroatoms. The maximum atomic E-state index is 14.1. The van der Waals surface area contributed by atoms with Crippen LogP contribution in [0, 0.1) is 39.9 Å². The second kappa shape index (κ2) is 8.16. The van der Waals surface area contributed by atoms with Gasteiger partial charge in [-0.2, -0.15) is 0 Å². The zero-order valence-electron chi connectivity index (χ0n) is 22.5. The number of Topliss-reactive ketones (excluding diaryl/α,β-unsaturated/α-hetero) is 2. The van der Waals surface area contributed by atoms with Crippen molar-refractivity contribution in [2.24, 2.45) is 39.9 Å². The molecule has 9 atom stereocenters. The maximum absolute atomic E-state index is 14.1. The number of aliphatic hydroxyl groups excluding tert-OH is 2. The molecule has 4 N–H and O–H groups in total. The Bertz CT molecular complexity index is 1040. The molecule has 200 valence electrons. The lowest BCUT2D eigenvalue weighted by molar-refractivity contribution is -0.169. The molecule has 7 nitrogen and oxygen atoms in total. The molecule has 3 fully saturated rings. The summed E-state index contributed by atoms with van der Waals surface area (Å²) in [5.74, 6) is -2.25. The first-order valence-electron chi connectivity index (χ1n) is 13.1. The first-order chi connectivity index (χ1) is 16.3. The summed E-state index contributed by atoms with van der Waals surface area (Å²) in [5.41, 5.74) is -4.71. The molecule has 0 spiro atoms. The number of carbonyl (C=O) groups excluding carboxylic acids is 3. The fraction of sp³-hybridized carbons (Fsp3) is 0.759. The molecule has 0 amide bonds. The van der Waals surface area contributed by atoms with Crippen LogP contribution < -0.4 is 0 Å². The minimum atomic E-state index is -1.93. The van der Waals surface area contributed by atoms with E-state index in [-0.39, 0.29) is 42.2 Å². The van der Waals surface area contributed by atoms with Gasteiger partial charge in [0.15, 0.2) is 11.6 Å². The first-order valence-corrected chi connectivity index (χ1v) is 13.1. The fourth-order valence-electron chi connectivity index (χ4n) is 8.51. The van der Waals surface area contributed by atoms with Crippen LogP contribution >= 0.6 is 0 Å². The number of carbonyl (C=O) groups is 3. The number of allylic oxidation sites excluding steroid dienone is 2. The Balaban J connectivity index is 1.74. The molecular weight excluding hydrogens is 460 g/mol. The molecule has 0 saturated heterocycles. The Morgan fingerprint density at radius 3 is 2.22 bits per heavy atom. The second-order valence-corrected chi connectivity index (χ2v) is 13.6. The SMILES string of the molecule is CC(C)(O)/C=C/C(=O)C(C)(O)[C@H]1C(O)CC2[C@@H]3CC=C4[C@@H](CC(O)C(=O)C4(C)C)[C@]3(C)C(=O)C[C@@]21C. The monoisotopic (exact) mass is 502 g/mol. The summed E-state index contributed by atoms with van der Waals surface area (Å²) in [6, 6.07) is 0. The van der Waals surface area contributed by atoms with Crippen molar-refractivity contribution in [1.29, 1.82) is 0 Å². The number of rotatable bonds is 4. The zero-order chi connectivity index (χ0) is 27.2. The van der Waals surface area contributed by atoms with Crippen LogP contribution in [0.15, 0.2) is 23.8 Å². The van der Waals surface area contributed by atoms with E-state index in [1.165, 1.54) is 26.8 Å². The summed E-state index contributed by atoms with van der Waals surface area (Å²) in [5, 5.41) is 43.3. The van der Waals surface area contributed by atoms with Crippen molar-refractivity contribution in [1.82, 2.24) is 0 Å². The summed E-state index contributed by atoms with van der Waals surface area (Å²) in [6.45, 7) is 11.9. The third-order valence-electron chi connectivity index (χ3n) is 10.4. The lowest BCUT2D eigenvalue weighted by Gasteiger charge is -2.60. The molecule has 4 rings (SSSR count). The molecule has 4 aliphatic rings. The van der Waals surface area contributed by atoms with Crippen LogP contribution in [0.25, 0.3) is 0 Å². The highest BCUT2D eigenvalue weighted by atomic mass is 16.3. The van der Waals surface area contributed by atoms with Gasteiger partial charge < -0.3 is 20.4 Å². The second-order valence-electron chi connectivity index (χ2n) is 13.6. The number of hydrogen-bond donors (Lipinski definition) is 4. The van der Waals surface area contributed by atoms with E-state index in [1.54, 1.807) is 0 Å². The van der Waals surface area contributed by atoms with Gasteiger partial charge in [-0.3, -0.25) is 14.4 Å². The quantitative estimate of drug-likeness (QED) is 0.343. The van der Waals surface area contributed by atoms with Gasteiger partial charge in [-0.1, -0.05) is 31.6 Å². The lowest BCUT2D eigenvalue weighted by atomic mass is 9.42. The van der Waals surface area contributed by atoms with E-state index < -0.39 is 51.4 Å². The van der Waals surface area contributed by atoms with Gasteiger partial charge in [0, 0.05) is 23.2 Å². The smallest absolute Gasteiger partial charge is 0.187 e. The fourth-order valence-corrected chi connectivity index (χ4v) is 8.51. The molecule has 0 aromatic rings. The molecule has 0 aromatic carbocycles. The summed E-state index contributed by atoms with van der Waals surface area (Å²) < 4.78 is 0. The van der Waals surface area contributed by atoms with E-state index in [0.717, 1.165) is 11.6 Å². The predicted molar refractivity (Wildman–Crippen MR) is 134 cm³/mol. The minimum Gasteiger partial charge on any atom is -0.393 e. The van der Waals surface area contributed by atoms with Crippen LogP contribution in [-0.2, 0) is 14.4 Å². The molecule has 4 aliphatic carbocycles. The Labute approximate surface area is 213 Å². The molecule has 0 heterocycles. The zero-order valence-corrected chi connectivity index (χ0v) is 22.5. The summed E-state index contributed by atoms with van der Waals surface area (Å²) >= 11 is 0. The molecule has 4 unspecified atom stereocenters. The third kappa shape index (κ3) is 3.72. The molecule has 0 aromatic heterocycles. The van der Waals surface area contributed by atoms with Crippen molar-refractivity contribution in [3.05, 3.63) is 23.8 Å². The largest absolute Gasteiger partial charge is 0.393 e. The minimum absolute atomic E-state index is 0.00594. The molecule has 36 heavy (non-hydrogen) atoms. The van der Waals surface area contributed by atoms with Gasteiger partial charge in [-0.15, -0.1) is 0 Å². The lowest BCUT2D eigenvalue weighted by Crippen LogP contribution is -2.62. The Hall–Kier alpha value is -1.67. The summed E-state index contributed by atoms with van der Waals surface area (Å²) in [7, 11) is 0. The number of ketones is 3. The maximum Gasteiger partial charge on any atom is 0.187 e. The van der Waals surface area contributed by atoms with E-state index >= 15 is 0 Å². The average Bonchev–Trinajstić information content (AvgIpc) is 3.00. The van der Waals surface area contributed by atoms with Crippen LogP contribution in [0.1, 0.15) is 74.1 Å². The molecule has 0 radical (unpaired) electrons. The number of hydrogen-bond acceptors (Lipinski definition) is 7. The van der Waals surface area contributed by atoms with Crippen LogP contribution in [-0.4, -0.2) is 61.2 Å². The van der Waals surface area contributed by atoms with Gasteiger partial charge in [0.2, 0.25) is 0 Å². The Kier molecular flexibility index (Phi) is 6.21. The number of aliphatic hydroxyl groups is 4. The van der Waals surface area contributed by atoms with E-state index in [4.69, 9.17) is 0 Å². The van der Waals surface area contributed by atoms with Crippen molar-refractivity contribution in [2.75, 3.05) is 0 Å². The van der Waals surface area contributed by atoms with Crippen LogP contribution in [0.2, 0.25) is 0 Å². The highest BCUT2D eigenvalue weighted by molar-refractivity contribution is 5.97. The molecule has 0 bridgehead atoms.